The molecule has 0 bridgehead atoms. The average molecular weight is 176 g/mol. The van der Waals surface area contributed by atoms with E-state index < -0.39 is 0 Å². The lowest BCUT2D eigenvalue weighted by Gasteiger charge is -2.18. The highest BCUT2D eigenvalue weighted by Crippen LogP contribution is 2.22. The molecule has 0 fully saturated rings. The number of rotatable bonds is 2. The molecule has 0 saturated heterocycles. The number of nitrogens with two attached hydrogens (primary N) is 1. The molecule has 0 aliphatic carbocycles. The first-order valence-electron chi connectivity index (χ1n) is 4.96. The van der Waals surface area contributed by atoms with Crippen molar-refractivity contribution in [3.8, 4) is 0 Å². The highest BCUT2D eigenvalue weighted by Gasteiger charge is 2.07. The summed E-state index contributed by atoms with van der Waals surface area (Å²) in [5.74, 6) is 0. The van der Waals surface area contributed by atoms with Gasteiger partial charge in [-0.1, -0.05) is 12.1 Å². The van der Waals surface area contributed by atoms with Crippen molar-refractivity contribution in [1.82, 2.24) is 0 Å². The SMILES string of the molecule is NCCc1ccc2c(c1)CCCN2. The molecule has 0 atom stereocenters. The van der Waals surface area contributed by atoms with E-state index in [1.54, 1.807) is 0 Å². The zero-order valence-corrected chi connectivity index (χ0v) is 7.84. The minimum absolute atomic E-state index is 0.742. The van der Waals surface area contributed by atoms with Crippen LogP contribution in [0, 0.1) is 0 Å². The number of fused-ring (bicyclic) bond motifs is 1. The first-order chi connectivity index (χ1) is 6.40. The lowest BCUT2D eigenvalue weighted by molar-refractivity contribution is 0.826. The van der Waals surface area contributed by atoms with Crippen LogP contribution in [0.2, 0.25) is 0 Å². The average Bonchev–Trinajstić information content (AvgIpc) is 2.18. The molecule has 3 N–H and O–H groups in total. The maximum atomic E-state index is 5.52. The number of benzene rings is 1. The number of anilines is 1. The second-order valence-electron chi connectivity index (χ2n) is 3.56. The van der Waals surface area contributed by atoms with Crippen LogP contribution in [0.15, 0.2) is 18.2 Å². The second kappa shape index (κ2) is 3.79. The quantitative estimate of drug-likeness (QED) is 0.717. The topological polar surface area (TPSA) is 38.0 Å². The Morgan fingerprint density at radius 3 is 3.15 bits per heavy atom. The van der Waals surface area contributed by atoms with Gasteiger partial charge in [0, 0.05) is 12.2 Å². The Morgan fingerprint density at radius 2 is 2.31 bits per heavy atom. The standard InChI is InChI=1S/C11H16N2/c12-6-5-9-3-4-11-10(8-9)2-1-7-13-11/h3-4,8,13H,1-2,5-7,12H2. The maximum Gasteiger partial charge on any atom is 0.0372 e. The van der Waals surface area contributed by atoms with Gasteiger partial charge in [0.2, 0.25) is 0 Å². The minimum Gasteiger partial charge on any atom is -0.385 e. The fourth-order valence-corrected chi connectivity index (χ4v) is 1.85. The molecule has 2 nitrogen and oxygen atoms in total. The van der Waals surface area contributed by atoms with Crippen molar-refractivity contribution in [2.75, 3.05) is 18.4 Å². The van der Waals surface area contributed by atoms with Gasteiger partial charge in [0.05, 0.1) is 0 Å². The summed E-state index contributed by atoms with van der Waals surface area (Å²) < 4.78 is 0. The van der Waals surface area contributed by atoms with Crippen LogP contribution >= 0.6 is 0 Å². The molecular formula is C11H16N2. The lowest BCUT2D eigenvalue weighted by atomic mass is 10.00. The summed E-state index contributed by atoms with van der Waals surface area (Å²) in [6.07, 6.45) is 3.45. The third-order valence-electron chi connectivity index (χ3n) is 2.54. The molecule has 70 valence electrons. The molecular weight excluding hydrogens is 160 g/mol. The molecule has 13 heavy (non-hydrogen) atoms. The molecule has 1 aromatic carbocycles. The van der Waals surface area contributed by atoms with Crippen molar-refractivity contribution in [2.24, 2.45) is 5.73 Å². The summed E-state index contributed by atoms with van der Waals surface area (Å²) in [5, 5.41) is 3.40. The van der Waals surface area contributed by atoms with E-state index >= 15 is 0 Å². The Bertz CT molecular complexity index is 294. The number of hydrogen-bond acceptors (Lipinski definition) is 2. The fraction of sp³-hybridized carbons (Fsp3) is 0.455. The molecule has 1 aliphatic rings. The van der Waals surface area contributed by atoms with Gasteiger partial charge in [-0.25, -0.2) is 0 Å². The van der Waals surface area contributed by atoms with Crippen molar-refractivity contribution in [3.63, 3.8) is 0 Å². The zero-order chi connectivity index (χ0) is 9.10. The van der Waals surface area contributed by atoms with E-state index in [1.807, 2.05) is 0 Å². The van der Waals surface area contributed by atoms with E-state index in [4.69, 9.17) is 5.73 Å². The predicted octanol–water partition coefficient (Wildman–Crippen LogP) is 1.55. The van der Waals surface area contributed by atoms with Crippen molar-refractivity contribution >= 4 is 5.69 Å². The smallest absolute Gasteiger partial charge is 0.0372 e. The first kappa shape index (κ1) is 8.57. The van der Waals surface area contributed by atoms with Gasteiger partial charge in [-0.3, -0.25) is 0 Å². The van der Waals surface area contributed by atoms with Crippen LogP contribution in [0.5, 0.6) is 0 Å². The number of aryl methyl sites for hydroxylation is 1. The van der Waals surface area contributed by atoms with Gasteiger partial charge in [-0.15, -0.1) is 0 Å². The van der Waals surface area contributed by atoms with Gasteiger partial charge >= 0.3 is 0 Å². The van der Waals surface area contributed by atoms with Gasteiger partial charge in [0.25, 0.3) is 0 Å². The molecule has 0 radical (unpaired) electrons. The van der Waals surface area contributed by atoms with Crippen LogP contribution in [0.4, 0.5) is 5.69 Å². The first-order valence-corrected chi connectivity index (χ1v) is 4.96. The Balaban J connectivity index is 2.24. The van der Waals surface area contributed by atoms with Crippen molar-refractivity contribution in [3.05, 3.63) is 29.3 Å². The molecule has 2 rings (SSSR count). The monoisotopic (exact) mass is 176 g/mol. The predicted molar refractivity (Wildman–Crippen MR) is 56.0 cm³/mol. The van der Waals surface area contributed by atoms with Crippen LogP contribution in [0.25, 0.3) is 0 Å². The van der Waals surface area contributed by atoms with Crippen LogP contribution in [0.3, 0.4) is 0 Å². The van der Waals surface area contributed by atoms with Crippen LogP contribution in [-0.2, 0) is 12.8 Å². The molecule has 1 heterocycles. The summed E-state index contributed by atoms with van der Waals surface area (Å²) >= 11 is 0. The van der Waals surface area contributed by atoms with Crippen LogP contribution in [-0.4, -0.2) is 13.1 Å². The maximum absolute atomic E-state index is 5.52. The van der Waals surface area contributed by atoms with E-state index in [0.717, 1.165) is 19.5 Å². The Hall–Kier alpha value is -1.02. The second-order valence-corrected chi connectivity index (χ2v) is 3.56. The fourth-order valence-electron chi connectivity index (χ4n) is 1.85. The van der Waals surface area contributed by atoms with Crippen LogP contribution in [0.1, 0.15) is 17.5 Å². The zero-order valence-electron chi connectivity index (χ0n) is 7.84. The third-order valence-corrected chi connectivity index (χ3v) is 2.54. The van der Waals surface area contributed by atoms with E-state index in [-0.39, 0.29) is 0 Å². The summed E-state index contributed by atoms with van der Waals surface area (Å²) in [6.45, 7) is 1.86. The van der Waals surface area contributed by atoms with E-state index in [2.05, 4.69) is 23.5 Å². The normalized spacial score (nSPS) is 14.8. The summed E-state index contributed by atoms with van der Waals surface area (Å²) in [7, 11) is 0. The van der Waals surface area contributed by atoms with Crippen molar-refractivity contribution in [1.29, 1.82) is 0 Å². The highest BCUT2D eigenvalue weighted by molar-refractivity contribution is 5.54. The van der Waals surface area contributed by atoms with E-state index in [0.29, 0.717) is 0 Å². The Morgan fingerprint density at radius 1 is 1.38 bits per heavy atom. The lowest BCUT2D eigenvalue weighted by Crippen LogP contribution is -2.12. The molecule has 0 aromatic heterocycles. The summed E-state index contributed by atoms with van der Waals surface area (Å²) in [4.78, 5) is 0. The molecule has 2 heteroatoms. The summed E-state index contributed by atoms with van der Waals surface area (Å²) in [5.41, 5.74) is 9.65. The van der Waals surface area contributed by atoms with E-state index in [9.17, 15) is 0 Å². The molecule has 0 spiro atoms. The van der Waals surface area contributed by atoms with Crippen LogP contribution < -0.4 is 11.1 Å². The Labute approximate surface area is 79.1 Å². The van der Waals surface area contributed by atoms with Crippen molar-refractivity contribution < 1.29 is 0 Å². The largest absolute Gasteiger partial charge is 0.385 e. The molecule has 0 unspecified atom stereocenters. The minimum atomic E-state index is 0.742. The molecule has 1 aromatic rings. The van der Waals surface area contributed by atoms with Gasteiger partial charge < -0.3 is 11.1 Å². The van der Waals surface area contributed by atoms with E-state index in [1.165, 1.54) is 29.7 Å². The molecule has 1 aliphatic heterocycles. The highest BCUT2D eigenvalue weighted by atomic mass is 14.9. The third kappa shape index (κ3) is 1.83. The number of nitrogens with one attached hydrogen (secondary N) is 1. The van der Waals surface area contributed by atoms with Gasteiger partial charge in [-0.05, 0) is 43.0 Å². The molecule has 0 saturated carbocycles. The number of hydrogen-bond donors (Lipinski definition) is 2. The Kier molecular flexibility index (Phi) is 2.50. The van der Waals surface area contributed by atoms with Crippen molar-refractivity contribution in [2.45, 2.75) is 19.3 Å². The van der Waals surface area contributed by atoms with Gasteiger partial charge in [0.1, 0.15) is 0 Å². The summed E-state index contributed by atoms with van der Waals surface area (Å²) in [6, 6.07) is 6.64. The van der Waals surface area contributed by atoms with Gasteiger partial charge in [-0.2, -0.15) is 0 Å². The molecule has 0 amide bonds. The van der Waals surface area contributed by atoms with Gasteiger partial charge in [0.15, 0.2) is 0 Å².